The smallest absolute Gasteiger partial charge is 0.239 e. The Balaban J connectivity index is 2.76. The van der Waals surface area contributed by atoms with Gasteiger partial charge in [-0.3, -0.25) is 4.79 Å². The molecule has 1 aromatic rings. The van der Waals surface area contributed by atoms with Crippen molar-refractivity contribution in [3.8, 4) is 5.75 Å². The van der Waals surface area contributed by atoms with Crippen LogP contribution in [0.2, 0.25) is 0 Å². The van der Waals surface area contributed by atoms with Crippen LogP contribution in [0.5, 0.6) is 5.75 Å². The van der Waals surface area contributed by atoms with Gasteiger partial charge in [0.2, 0.25) is 15.9 Å². The van der Waals surface area contributed by atoms with Gasteiger partial charge in [-0.25, -0.2) is 8.42 Å². The molecule has 22 heavy (non-hydrogen) atoms. The Morgan fingerprint density at radius 1 is 1.23 bits per heavy atom. The molecule has 0 fully saturated rings. The highest BCUT2D eigenvalue weighted by Crippen LogP contribution is 2.18. The molecule has 124 valence electrons. The van der Waals surface area contributed by atoms with Crippen molar-refractivity contribution >= 4 is 21.6 Å². The highest BCUT2D eigenvalue weighted by Gasteiger charge is 2.31. The van der Waals surface area contributed by atoms with Crippen molar-refractivity contribution in [2.24, 2.45) is 0 Å². The number of carbonyl (C=O) groups excluding carboxylic acids is 1. The summed E-state index contributed by atoms with van der Waals surface area (Å²) >= 11 is 0. The quantitative estimate of drug-likeness (QED) is 0.867. The second kappa shape index (κ2) is 7.11. The fourth-order valence-electron chi connectivity index (χ4n) is 1.98. The van der Waals surface area contributed by atoms with E-state index in [0.717, 1.165) is 6.26 Å². The highest BCUT2D eigenvalue weighted by molar-refractivity contribution is 7.88. The zero-order chi connectivity index (χ0) is 17.0. The standard InChI is InChI=1S/C15H24N2O4S/c1-6-21-13-9-7-12(8-10-13)16-14(18)11-17(15(2,3)4)22(5,19)20/h7-10H,6,11H2,1-5H3,(H,16,18). The molecular weight excluding hydrogens is 304 g/mol. The molecule has 0 saturated heterocycles. The molecule has 0 bridgehead atoms. The van der Waals surface area contributed by atoms with Crippen LogP contribution < -0.4 is 10.1 Å². The summed E-state index contributed by atoms with van der Waals surface area (Å²) in [5, 5.41) is 2.69. The maximum absolute atomic E-state index is 12.1. The van der Waals surface area contributed by atoms with Gasteiger partial charge in [-0.2, -0.15) is 4.31 Å². The maximum atomic E-state index is 12.1. The first kappa shape index (κ1) is 18.4. The molecule has 0 saturated carbocycles. The van der Waals surface area contributed by atoms with Gasteiger partial charge >= 0.3 is 0 Å². The lowest BCUT2D eigenvalue weighted by Crippen LogP contribution is -2.48. The molecule has 0 heterocycles. The van der Waals surface area contributed by atoms with Crippen molar-refractivity contribution in [2.45, 2.75) is 33.2 Å². The molecule has 1 aromatic carbocycles. The number of sulfonamides is 1. The van der Waals surface area contributed by atoms with E-state index in [0.29, 0.717) is 18.0 Å². The van der Waals surface area contributed by atoms with E-state index < -0.39 is 15.6 Å². The van der Waals surface area contributed by atoms with Crippen LogP contribution in [-0.4, -0.2) is 43.6 Å². The summed E-state index contributed by atoms with van der Waals surface area (Å²) in [7, 11) is -3.47. The topological polar surface area (TPSA) is 75.7 Å². The molecule has 1 N–H and O–H groups in total. The minimum Gasteiger partial charge on any atom is -0.494 e. The zero-order valence-corrected chi connectivity index (χ0v) is 14.5. The second-order valence-corrected chi connectivity index (χ2v) is 7.85. The number of nitrogens with zero attached hydrogens (tertiary/aromatic N) is 1. The zero-order valence-electron chi connectivity index (χ0n) is 13.7. The first-order chi connectivity index (χ1) is 10.0. The fourth-order valence-corrected chi connectivity index (χ4v) is 3.33. The number of benzene rings is 1. The lowest BCUT2D eigenvalue weighted by molar-refractivity contribution is -0.117. The van der Waals surface area contributed by atoms with Crippen molar-refractivity contribution in [3.63, 3.8) is 0 Å². The Morgan fingerprint density at radius 3 is 2.18 bits per heavy atom. The van der Waals surface area contributed by atoms with Gasteiger partial charge in [-0.05, 0) is 52.0 Å². The van der Waals surface area contributed by atoms with Crippen LogP contribution in [0, 0.1) is 0 Å². The molecular formula is C15H24N2O4S. The normalized spacial score (nSPS) is 12.3. The molecule has 0 radical (unpaired) electrons. The van der Waals surface area contributed by atoms with E-state index in [1.54, 1.807) is 45.0 Å². The Hall–Kier alpha value is -1.60. The largest absolute Gasteiger partial charge is 0.494 e. The average Bonchev–Trinajstić information content (AvgIpc) is 2.36. The van der Waals surface area contributed by atoms with Crippen LogP contribution in [0.15, 0.2) is 24.3 Å². The summed E-state index contributed by atoms with van der Waals surface area (Å²) < 4.78 is 30.1. The molecule has 1 rings (SSSR count). The van der Waals surface area contributed by atoms with E-state index in [1.807, 2.05) is 6.92 Å². The number of hydrogen-bond donors (Lipinski definition) is 1. The molecule has 0 unspecified atom stereocenters. The van der Waals surface area contributed by atoms with Gasteiger partial charge in [0.05, 0.1) is 19.4 Å². The van der Waals surface area contributed by atoms with Crippen LogP contribution in [0.4, 0.5) is 5.69 Å². The Morgan fingerprint density at radius 2 is 1.77 bits per heavy atom. The molecule has 1 amide bonds. The third kappa shape index (κ3) is 5.65. The molecule has 0 aliphatic carbocycles. The molecule has 6 nitrogen and oxygen atoms in total. The lowest BCUT2D eigenvalue weighted by Gasteiger charge is -2.32. The van der Waals surface area contributed by atoms with Gasteiger partial charge in [0.1, 0.15) is 5.75 Å². The molecule has 0 atom stereocenters. The van der Waals surface area contributed by atoms with E-state index in [1.165, 1.54) is 4.31 Å². The number of amides is 1. The number of anilines is 1. The number of nitrogens with one attached hydrogen (secondary N) is 1. The van der Waals surface area contributed by atoms with E-state index in [2.05, 4.69) is 5.32 Å². The summed E-state index contributed by atoms with van der Waals surface area (Å²) in [6.07, 6.45) is 1.10. The van der Waals surface area contributed by atoms with Crippen molar-refractivity contribution < 1.29 is 17.9 Å². The predicted octanol–water partition coefficient (Wildman–Crippen LogP) is 2.08. The van der Waals surface area contributed by atoms with Gasteiger partial charge in [-0.1, -0.05) is 0 Å². The molecule has 0 aliphatic heterocycles. The summed E-state index contributed by atoms with van der Waals surface area (Å²) in [5.41, 5.74) is -0.0696. The van der Waals surface area contributed by atoms with Crippen LogP contribution >= 0.6 is 0 Å². The molecule has 0 aliphatic rings. The van der Waals surface area contributed by atoms with Crippen molar-refractivity contribution in [3.05, 3.63) is 24.3 Å². The third-order valence-corrected chi connectivity index (χ3v) is 4.36. The fraction of sp³-hybridized carbons (Fsp3) is 0.533. The van der Waals surface area contributed by atoms with Gasteiger partial charge < -0.3 is 10.1 Å². The number of rotatable bonds is 6. The van der Waals surface area contributed by atoms with Gasteiger partial charge in [0, 0.05) is 11.2 Å². The second-order valence-electron chi connectivity index (χ2n) is 5.95. The predicted molar refractivity (Wildman–Crippen MR) is 87.5 cm³/mol. The minimum atomic E-state index is -3.47. The van der Waals surface area contributed by atoms with Crippen LogP contribution in [0.25, 0.3) is 0 Å². The van der Waals surface area contributed by atoms with E-state index in [-0.39, 0.29) is 12.5 Å². The van der Waals surface area contributed by atoms with Crippen molar-refractivity contribution in [1.82, 2.24) is 4.31 Å². The van der Waals surface area contributed by atoms with Gasteiger partial charge in [0.25, 0.3) is 0 Å². The summed E-state index contributed by atoms with van der Waals surface area (Å²) in [4.78, 5) is 12.1. The van der Waals surface area contributed by atoms with Crippen LogP contribution in [-0.2, 0) is 14.8 Å². The van der Waals surface area contributed by atoms with Gasteiger partial charge in [0.15, 0.2) is 0 Å². The van der Waals surface area contributed by atoms with Crippen molar-refractivity contribution in [2.75, 3.05) is 24.7 Å². The summed E-state index contributed by atoms with van der Waals surface area (Å²) in [6.45, 7) is 7.48. The summed E-state index contributed by atoms with van der Waals surface area (Å²) in [5.74, 6) is 0.331. The number of ether oxygens (including phenoxy) is 1. The minimum absolute atomic E-state index is 0.227. The number of hydrogen-bond acceptors (Lipinski definition) is 4. The lowest BCUT2D eigenvalue weighted by atomic mass is 10.1. The SMILES string of the molecule is CCOc1ccc(NC(=O)CN(C(C)(C)C)S(C)(=O)=O)cc1. The van der Waals surface area contributed by atoms with E-state index >= 15 is 0 Å². The first-order valence-corrected chi connectivity index (χ1v) is 8.89. The Kier molecular flexibility index (Phi) is 5.96. The maximum Gasteiger partial charge on any atom is 0.239 e. The molecule has 0 aromatic heterocycles. The third-order valence-electron chi connectivity index (χ3n) is 2.88. The average molecular weight is 328 g/mol. The van der Waals surface area contributed by atoms with Crippen LogP contribution in [0.1, 0.15) is 27.7 Å². The molecule has 0 spiro atoms. The van der Waals surface area contributed by atoms with E-state index in [4.69, 9.17) is 4.74 Å². The highest BCUT2D eigenvalue weighted by atomic mass is 32.2. The monoisotopic (exact) mass is 328 g/mol. The first-order valence-electron chi connectivity index (χ1n) is 7.04. The summed E-state index contributed by atoms with van der Waals surface area (Å²) in [6, 6.07) is 6.92. The van der Waals surface area contributed by atoms with Crippen LogP contribution in [0.3, 0.4) is 0 Å². The van der Waals surface area contributed by atoms with E-state index in [9.17, 15) is 13.2 Å². The van der Waals surface area contributed by atoms with Crippen molar-refractivity contribution in [1.29, 1.82) is 0 Å². The number of carbonyl (C=O) groups is 1. The Bertz CT molecular complexity index is 603. The molecule has 7 heteroatoms. The Labute approximate surface area is 132 Å². The van der Waals surface area contributed by atoms with Gasteiger partial charge in [-0.15, -0.1) is 0 Å².